The van der Waals surface area contributed by atoms with Gasteiger partial charge in [0.1, 0.15) is 18.3 Å². The van der Waals surface area contributed by atoms with Gasteiger partial charge in [-0.25, -0.2) is 8.42 Å². The van der Waals surface area contributed by atoms with Crippen LogP contribution in [-0.2, 0) is 32.6 Å². The molecule has 0 fully saturated rings. The third-order valence-corrected chi connectivity index (χ3v) is 10.7. The molecular weight excluding hydrogens is 739 g/mol. The zero-order valence-corrected chi connectivity index (χ0v) is 31.4. The summed E-state index contributed by atoms with van der Waals surface area (Å²) in [6.45, 7) is 4.67. The molecule has 15 heteroatoms. The largest absolute Gasteiger partial charge is 0.495 e. The lowest BCUT2D eigenvalue weighted by Crippen LogP contribution is -2.53. The number of nitro benzene ring substituents is 1. The van der Waals surface area contributed by atoms with Gasteiger partial charge < -0.3 is 15.0 Å². The van der Waals surface area contributed by atoms with Crippen molar-refractivity contribution in [3.05, 3.63) is 127 Å². The Morgan fingerprint density at radius 2 is 1.63 bits per heavy atom. The molecule has 0 saturated heterocycles. The normalized spacial score (nSPS) is 11.9. The maximum Gasteiger partial charge on any atom is 0.273 e. The zero-order chi connectivity index (χ0) is 37.5. The Morgan fingerprint density at radius 1 is 0.922 bits per heavy atom. The van der Waals surface area contributed by atoms with Crippen LogP contribution < -0.4 is 14.4 Å². The van der Waals surface area contributed by atoms with Gasteiger partial charge in [-0.05, 0) is 60.4 Å². The molecule has 0 aliphatic rings. The summed E-state index contributed by atoms with van der Waals surface area (Å²) in [6.07, 6.45) is 0.0925. The zero-order valence-electron chi connectivity index (χ0n) is 28.3. The lowest BCUT2D eigenvalue weighted by Gasteiger charge is -2.34. The van der Waals surface area contributed by atoms with Crippen LogP contribution in [-0.4, -0.2) is 56.3 Å². The van der Waals surface area contributed by atoms with Gasteiger partial charge in [0.25, 0.3) is 15.7 Å². The number of methoxy groups -OCH3 is 1. The molecule has 0 saturated carbocycles. The van der Waals surface area contributed by atoms with Gasteiger partial charge >= 0.3 is 0 Å². The highest BCUT2D eigenvalue weighted by molar-refractivity contribution is 7.92. The van der Waals surface area contributed by atoms with Crippen molar-refractivity contribution in [3.63, 3.8) is 0 Å². The molecule has 0 aromatic heterocycles. The molecule has 4 aromatic rings. The number of carbonyl (C=O) groups is 2. The maximum absolute atomic E-state index is 14.7. The van der Waals surface area contributed by atoms with Crippen LogP contribution in [0.2, 0.25) is 15.1 Å². The first kappa shape index (κ1) is 39.4. The molecule has 4 aromatic carbocycles. The Morgan fingerprint density at radius 3 is 2.25 bits per heavy atom. The number of aryl methyl sites for hydroxylation is 1. The first-order chi connectivity index (χ1) is 24.1. The van der Waals surface area contributed by atoms with Gasteiger partial charge in [0.05, 0.1) is 32.7 Å². The first-order valence-corrected chi connectivity index (χ1v) is 18.4. The summed E-state index contributed by atoms with van der Waals surface area (Å²) in [7, 11) is -3.39. The number of amides is 2. The number of ether oxygens (including phenoxy) is 1. The molecule has 0 aliphatic carbocycles. The van der Waals surface area contributed by atoms with Gasteiger partial charge in [-0.15, -0.1) is 0 Å². The van der Waals surface area contributed by atoms with Crippen LogP contribution in [0.15, 0.2) is 89.8 Å². The van der Waals surface area contributed by atoms with Gasteiger partial charge in [-0.3, -0.25) is 24.0 Å². The highest BCUT2D eigenvalue weighted by Gasteiger charge is 2.36. The Hall–Kier alpha value is -4.36. The molecule has 0 unspecified atom stereocenters. The molecule has 0 heterocycles. The van der Waals surface area contributed by atoms with Crippen molar-refractivity contribution in [1.82, 2.24) is 10.2 Å². The van der Waals surface area contributed by atoms with Crippen LogP contribution in [0, 0.1) is 23.0 Å². The lowest BCUT2D eigenvalue weighted by molar-refractivity contribution is -0.385. The molecule has 0 bridgehead atoms. The summed E-state index contributed by atoms with van der Waals surface area (Å²) in [5, 5.41) is 15.4. The monoisotopic (exact) mass is 774 g/mol. The van der Waals surface area contributed by atoms with Crippen LogP contribution in [0.5, 0.6) is 5.75 Å². The van der Waals surface area contributed by atoms with Crippen molar-refractivity contribution in [2.75, 3.05) is 24.5 Å². The molecule has 51 heavy (non-hydrogen) atoms. The molecule has 4 rings (SSSR count). The molecule has 0 aliphatic heterocycles. The second-order valence-electron chi connectivity index (χ2n) is 12.1. The lowest BCUT2D eigenvalue weighted by atomic mass is 10.0. The van der Waals surface area contributed by atoms with Gasteiger partial charge in [0, 0.05) is 36.2 Å². The smallest absolute Gasteiger partial charge is 0.273 e. The quantitative estimate of drug-likeness (QED) is 0.0976. The summed E-state index contributed by atoms with van der Waals surface area (Å²) in [5.41, 5.74) is 0.996. The Bertz CT molecular complexity index is 2010. The maximum atomic E-state index is 14.7. The molecule has 1 atom stereocenters. The van der Waals surface area contributed by atoms with Gasteiger partial charge in [0.2, 0.25) is 11.8 Å². The average Bonchev–Trinajstić information content (AvgIpc) is 3.09. The third-order valence-electron chi connectivity index (χ3n) is 7.95. The Balaban J connectivity index is 1.90. The molecule has 0 radical (unpaired) electrons. The van der Waals surface area contributed by atoms with E-state index in [0.717, 1.165) is 15.9 Å². The average molecular weight is 776 g/mol. The number of halogens is 3. The molecule has 11 nitrogen and oxygen atoms in total. The van der Waals surface area contributed by atoms with E-state index in [2.05, 4.69) is 5.32 Å². The van der Waals surface area contributed by atoms with Crippen LogP contribution in [0.25, 0.3) is 0 Å². The highest BCUT2D eigenvalue weighted by Crippen LogP contribution is 2.36. The van der Waals surface area contributed by atoms with E-state index in [1.165, 1.54) is 49.3 Å². The van der Waals surface area contributed by atoms with Gasteiger partial charge in [-0.1, -0.05) is 91.1 Å². The fourth-order valence-electron chi connectivity index (χ4n) is 5.26. The number of anilines is 1. The van der Waals surface area contributed by atoms with E-state index >= 15 is 0 Å². The summed E-state index contributed by atoms with van der Waals surface area (Å²) in [6, 6.07) is 20.5. The third kappa shape index (κ3) is 9.91. The van der Waals surface area contributed by atoms with Crippen LogP contribution in [0.3, 0.4) is 0 Å². The number of nitrogens with one attached hydrogen (secondary N) is 1. The van der Waals surface area contributed by atoms with E-state index in [-0.39, 0.29) is 51.0 Å². The predicted molar refractivity (Wildman–Crippen MR) is 199 cm³/mol. The van der Waals surface area contributed by atoms with Crippen molar-refractivity contribution in [2.24, 2.45) is 5.92 Å². The summed E-state index contributed by atoms with van der Waals surface area (Å²) in [5.74, 6) is -1.07. The summed E-state index contributed by atoms with van der Waals surface area (Å²) in [4.78, 5) is 40.7. The fourth-order valence-corrected chi connectivity index (χ4v) is 7.18. The number of hydrogen-bond acceptors (Lipinski definition) is 7. The van der Waals surface area contributed by atoms with Crippen LogP contribution >= 0.6 is 34.8 Å². The number of rotatable bonds is 15. The highest BCUT2D eigenvalue weighted by atomic mass is 35.5. The standard InChI is InChI=1S/C36H37Cl3N4O7S/c1-23(2)20-40-36(45)33(17-25-8-6-5-7-9-25)41(21-26-11-14-29(38)30(39)16-26)35(44)22-42(32-18-27(37)12-15-34(32)50-4)51(48,49)28-13-10-24(3)31(19-28)43(46)47/h5-16,18-19,23,33H,17,20-22H2,1-4H3,(H,40,45)/t33-/m1/s1. The Labute approximate surface area is 312 Å². The Kier molecular flexibility index (Phi) is 13.3. The molecule has 1 N–H and O–H groups in total. The minimum absolute atomic E-state index is 0.0592. The number of nitrogens with zero attached hydrogens (tertiary/aromatic N) is 3. The summed E-state index contributed by atoms with van der Waals surface area (Å²) < 4.78 is 35.2. The molecule has 2 amide bonds. The number of benzene rings is 4. The van der Waals surface area contributed by atoms with E-state index in [1.54, 1.807) is 18.2 Å². The van der Waals surface area contributed by atoms with Gasteiger partial charge in [0.15, 0.2) is 0 Å². The fraction of sp³-hybridized carbons (Fsp3) is 0.278. The second kappa shape index (κ2) is 17.2. The first-order valence-electron chi connectivity index (χ1n) is 15.8. The van der Waals surface area contributed by atoms with Gasteiger partial charge in [-0.2, -0.15) is 0 Å². The number of carbonyl (C=O) groups excluding carboxylic acids is 2. The molecule has 0 spiro atoms. The van der Waals surface area contributed by atoms with Crippen molar-refractivity contribution < 1.29 is 27.7 Å². The topological polar surface area (TPSA) is 139 Å². The van der Waals surface area contributed by atoms with E-state index in [9.17, 15) is 28.1 Å². The van der Waals surface area contributed by atoms with Crippen molar-refractivity contribution in [3.8, 4) is 5.75 Å². The summed E-state index contributed by atoms with van der Waals surface area (Å²) >= 11 is 18.9. The van der Waals surface area contributed by atoms with Crippen molar-refractivity contribution >= 4 is 68.0 Å². The van der Waals surface area contributed by atoms with E-state index < -0.39 is 49.9 Å². The number of hydrogen-bond donors (Lipinski definition) is 1. The number of nitro groups is 1. The van der Waals surface area contributed by atoms with E-state index in [4.69, 9.17) is 39.5 Å². The SMILES string of the molecule is COc1ccc(Cl)cc1N(CC(=O)N(Cc1ccc(Cl)c(Cl)c1)[C@H](Cc1ccccc1)C(=O)NCC(C)C)S(=O)(=O)c1ccc(C)c([N+](=O)[O-])c1. The minimum atomic E-state index is -4.71. The number of sulfonamides is 1. The van der Waals surface area contributed by atoms with Crippen LogP contribution in [0.1, 0.15) is 30.5 Å². The van der Waals surface area contributed by atoms with E-state index in [1.807, 2.05) is 44.2 Å². The molecule has 270 valence electrons. The second-order valence-corrected chi connectivity index (χ2v) is 15.3. The molecular formula is C36H37Cl3N4O7S. The van der Waals surface area contributed by atoms with Crippen molar-refractivity contribution in [1.29, 1.82) is 0 Å². The van der Waals surface area contributed by atoms with E-state index in [0.29, 0.717) is 12.1 Å². The predicted octanol–water partition coefficient (Wildman–Crippen LogP) is 7.48. The van der Waals surface area contributed by atoms with Crippen molar-refractivity contribution in [2.45, 2.75) is 44.7 Å². The van der Waals surface area contributed by atoms with Crippen LogP contribution in [0.4, 0.5) is 11.4 Å². The minimum Gasteiger partial charge on any atom is -0.495 e.